The van der Waals surface area contributed by atoms with E-state index >= 15 is 0 Å². The van der Waals surface area contributed by atoms with Crippen molar-refractivity contribution >= 4 is 27.6 Å². The number of fused-ring (bicyclic) bond motifs is 5. The number of phenolic OH excluding ortho intramolecular Hbond substituents is 1. The zero-order valence-electron chi connectivity index (χ0n) is 24.6. The highest BCUT2D eigenvalue weighted by Gasteiger charge is 2.49. The molecular weight excluding hydrogens is 576 g/mol. The first-order valence-corrected chi connectivity index (χ1v) is 15.4. The summed E-state index contributed by atoms with van der Waals surface area (Å²) in [5.41, 5.74) is 1.25. The average Bonchev–Trinajstić information content (AvgIpc) is 3.68. The molecule has 4 aromatic rings. The van der Waals surface area contributed by atoms with Gasteiger partial charge in [-0.15, -0.1) is 6.42 Å². The number of phenols is 1. The molecule has 228 valence electrons. The van der Waals surface area contributed by atoms with Crippen LogP contribution in [-0.4, -0.2) is 81.5 Å². The standard InChI is InChI=1S/C34H31F2N7O2/c1-2-24-28(36)7-4-19-10-23(44)11-25(29(19)24)27-14-38-31-30(26(27)13-37)40-33(41-32(31)42-16-21-5-6-22(17-42)39-21)45-18-34-8-3-9-43(34)15-20(35)12-34/h1,4,7,10-11,14,20-22,39,44H,3,5-6,8-9,12,15-18H2. The fourth-order valence-electron chi connectivity index (χ4n) is 8.04. The van der Waals surface area contributed by atoms with Crippen molar-refractivity contribution in [1.29, 1.82) is 5.26 Å². The summed E-state index contributed by atoms with van der Waals surface area (Å²) >= 11 is 0. The molecule has 0 saturated carbocycles. The Kier molecular flexibility index (Phi) is 6.52. The van der Waals surface area contributed by atoms with Crippen LogP contribution < -0.4 is 15.0 Å². The quantitative estimate of drug-likeness (QED) is 0.318. The minimum Gasteiger partial charge on any atom is -0.508 e. The molecule has 11 heteroatoms. The number of pyridine rings is 1. The molecule has 0 aliphatic carbocycles. The van der Waals surface area contributed by atoms with E-state index in [1.807, 2.05) is 0 Å². The molecule has 4 aliphatic heterocycles. The Morgan fingerprint density at radius 3 is 2.71 bits per heavy atom. The molecular formula is C34H31F2N7O2. The second-order valence-electron chi connectivity index (χ2n) is 12.8. The van der Waals surface area contributed by atoms with Crippen LogP contribution in [0.4, 0.5) is 14.6 Å². The monoisotopic (exact) mass is 607 g/mol. The number of aromatic hydroxyl groups is 1. The maximum absolute atomic E-state index is 14.9. The summed E-state index contributed by atoms with van der Waals surface area (Å²) in [5, 5.41) is 25.8. The highest BCUT2D eigenvalue weighted by molar-refractivity contribution is 6.05. The van der Waals surface area contributed by atoms with Crippen LogP contribution in [-0.2, 0) is 0 Å². The third kappa shape index (κ3) is 4.53. The van der Waals surface area contributed by atoms with Gasteiger partial charge in [-0.05, 0) is 61.4 Å². The number of aromatic nitrogens is 3. The third-order valence-electron chi connectivity index (χ3n) is 10.0. The molecule has 4 atom stereocenters. The Morgan fingerprint density at radius 2 is 1.93 bits per heavy atom. The Labute approximate surface area is 258 Å². The number of nitrogens with one attached hydrogen (secondary N) is 1. The summed E-state index contributed by atoms with van der Waals surface area (Å²) in [6.45, 7) is 2.91. The maximum Gasteiger partial charge on any atom is 0.319 e. The van der Waals surface area contributed by atoms with Gasteiger partial charge in [0.1, 0.15) is 41.4 Å². The number of hydrogen-bond acceptors (Lipinski definition) is 9. The zero-order valence-corrected chi connectivity index (χ0v) is 24.6. The summed E-state index contributed by atoms with van der Waals surface area (Å²) in [4.78, 5) is 18.7. The molecule has 2 N–H and O–H groups in total. The van der Waals surface area contributed by atoms with Crippen LogP contribution in [0.25, 0.3) is 32.9 Å². The lowest BCUT2D eigenvalue weighted by Gasteiger charge is -2.34. The number of anilines is 1. The predicted molar refractivity (Wildman–Crippen MR) is 165 cm³/mol. The number of terminal acetylenes is 1. The summed E-state index contributed by atoms with van der Waals surface area (Å²) in [6, 6.07) is 8.78. The van der Waals surface area contributed by atoms with Gasteiger partial charge < -0.3 is 20.1 Å². The van der Waals surface area contributed by atoms with E-state index < -0.39 is 17.5 Å². The molecule has 4 unspecified atom stereocenters. The van der Waals surface area contributed by atoms with E-state index in [0.29, 0.717) is 58.3 Å². The number of ether oxygens (including phenoxy) is 1. The van der Waals surface area contributed by atoms with Gasteiger partial charge in [0.05, 0.1) is 16.7 Å². The number of piperazine rings is 1. The number of nitriles is 1. The molecule has 4 fully saturated rings. The minimum atomic E-state index is -0.898. The van der Waals surface area contributed by atoms with Crippen LogP contribution in [0.2, 0.25) is 0 Å². The molecule has 2 aromatic heterocycles. The molecule has 9 nitrogen and oxygen atoms in total. The van der Waals surface area contributed by atoms with Crippen LogP contribution in [0, 0.1) is 29.5 Å². The van der Waals surface area contributed by atoms with Gasteiger partial charge in [-0.3, -0.25) is 4.90 Å². The number of benzene rings is 2. The van der Waals surface area contributed by atoms with Crippen molar-refractivity contribution in [3.8, 4) is 41.3 Å². The minimum absolute atomic E-state index is 0.0262. The molecule has 0 amide bonds. The van der Waals surface area contributed by atoms with Gasteiger partial charge in [0, 0.05) is 55.3 Å². The summed E-state index contributed by atoms with van der Waals surface area (Å²) < 4.78 is 35.7. The second-order valence-corrected chi connectivity index (χ2v) is 12.8. The van der Waals surface area contributed by atoms with Crippen LogP contribution in [0.1, 0.15) is 43.2 Å². The lowest BCUT2D eigenvalue weighted by atomic mass is 9.92. The van der Waals surface area contributed by atoms with Gasteiger partial charge in [-0.1, -0.05) is 12.0 Å². The Hall–Kier alpha value is -4.58. The average molecular weight is 608 g/mol. The van der Waals surface area contributed by atoms with Gasteiger partial charge in [0.25, 0.3) is 0 Å². The largest absolute Gasteiger partial charge is 0.508 e. The molecule has 4 aliphatic rings. The first-order chi connectivity index (χ1) is 21.9. The molecule has 6 heterocycles. The van der Waals surface area contributed by atoms with E-state index in [-0.39, 0.29) is 35.0 Å². The Bertz CT molecular complexity index is 1940. The Balaban J connectivity index is 1.30. The molecule has 8 rings (SSSR count). The molecule has 45 heavy (non-hydrogen) atoms. The van der Waals surface area contributed by atoms with Crippen molar-refractivity contribution in [1.82, 2.24) is 25.2 Å². The van der Waals surface area contributed by atoms with Crippen molar-refractivity contribution in [3.63, 3.8) is 0 Å². The van der Waals surface area contributed by atoms with Crippen molar-refractivity contribution in [2.75, 3.05) is 37.7 Å². The SMILES string of the molecule is C#Cc1c(F)ccc2cc(O)cc(-c3cnc4c(N5CC6CCC(C5)N6)nc(OCC56CCCN5CC(F)C6)nc4c3C#N)c12. The van der Waals surface area contributed by atoms with Crippen molar-refractivity contribution in [2.24, 2.45) is 0 Å². The predicted octanol–water partition coefficient (Wildman–Crippen LogP) is 4.44. The molecule has 2 bridgehead atoms. The summed E-state index contributed by atoms with van der Waals surface area (Å²) in [6.07, 6.45) is 10.7. The van der Waals surface area contributed by atoms with E-state index in [4.69, 9.17) is 26.1 Å². The smallest absolute Gasteiger partial charge is 0.319 e. The van der Waals surface area contributed by atoms with Crippen LogP contribution in [0.15, 0.2) is 30.5 Å². The number of hydrogen-bond donors (Lipinski definition) is 2. The van der Waals surface area contributed by atoms with Crippen LogP contribution in [0.3, 0.4) is 0 Å². The zero-order chi connectivity index (χ0) is 30.9. The van der Waals surface area contributed by atoms with Crippen molar-refractivity contribution in [3.05, 3.63) is 47.4 Å². The van der Waals surface area contributed by atoms with Crippen molar-refractivity contribution < 1.29 is 18.6 Å². The number of halogens is 2. The molecule has 4 saturated heterocycles. The topological polar surface area (TPSA) is 110 Å². The van der Waals surface area contributed by atoms with E-state index in [9.17, 15) is 19.1 Å². The first kappa shape index (κ1) is 27.9. The van der Waals surface area contributed by atoms with Gasteiger partial charge in [0.2, 0.25) is 0 Å². The molecule has 0 radical (unpaired) electrons. The summed E-state index contributed by atoms with van der Waals surface area (Å²) in [5.74, 6) is 2.36. The van der Waals surface area contributed by atoms with E-state index in [0.717, 1.165) is 45.3 Å². The lowest BCUT2D eigenvalue weighted by molar-refractivity contribution is 0.107. The lowest BCUT2D eigenvalue weighted by Crippen LogP contribution is -2.51. The number of rotatable bonds is 5. The summed E-state index contributed by atoms with van der Waals surface area (Å²) in [7, 11) is 0. The van der Waals surface area contributed by atoms with Crippen LogP contribution in [0.5, 0.6) is 11.8 Å². The third-order valence-corrected chi connectivity index (χ3v) is 10.0. The molecule has 0 spiro atoms. The van der Waals surface area contributed by atoms with Crippen LogP contribution >= 0.6 is 0 Å². The normalized spacial score (nSPS) is 25.9. The fourth-order valence-corrected chi connectivity index (χ4v) is 8.04. The highest BCUT2D eigenvalue weighted by atomic mass is 19.1. The Morgan fingerprint density at radius 1 is 1.11 bits per heavy atom. The van der Waals surface area contributed by atoms with E-state index in [1.54, 1.807) is 6.20 Å². The van der Waals surface area contributed by atoms with Gasteiger partial charge >= 0.3 is 6.01 Å². The number of nitrogens with zero attached hydrogens (tertiary/aromatic N) is 6. The second kappa shape index (κ2) is 10.5. The highest BCUT2D eigenvalue weighted by Crippen LogP contribution is 2.42. The first-order valence-electron chi connectivity index (χ1n) is 15.4. The fraction of sp³-hybridized carbons (Fsp3) is 0.412. The van der Waals surface area contributed by atoms with Gasteiger partial charge in [-0.25, -0.2) is 13.8 Å². The van der Waals surface area contributed by atoms with Crippen molar-refractivity contribution in [2.45, 2.75) is 55.9 Å². The molecule has 2 aromatic carbocycles. The maximum atomic E-state index is 14.9. The van der Waals surface area contributed by atoms with Gasteiger partial charge in [-0.2, -0.15) is 15.2 Å². The van der Waals surface area contributed by atoms with E-state index in [2.05, 4.69) is 27.1 Å². The van der Waals surface area contributed by atoms with E-state index in [1.165, 1.54) is 24.3 Å². The van der Waals surface area contributed by atoms with Gasteiger partial charge in [0.15, 0.2) is 5.82 Å². The number of alkyl halides is 1.